The molecule has 0 saturated carbocycles. The Kier molecular flexibility index (Phi) is 7.42. The van der Waals surface area contributed by atoms with Crippen molar-refractivity contribution < 1.29 is 24.2 Å². The zero-order chi connectivity index (χ0) is 28.1. The Hall–Kier alpha value is -2.68. The van der Waals surface area contributed by atoms with Crippen LogP contribution in [0.25, 0.3) is 0 Å². The molecule has 2 fully saturated rings. The predicted octanol–water partition coefficient (Wildman–Crippen LogP) is 3.43. The molecule has 0 aromatic heterocycles. The molecule has 1 N–H and O–H groups in total. The topological polar surface area (TPSA) is 90.4 Å². The Labute approximate surface area is 235 Å². The second-order valence-corrected chi connectivity index (χ2v) is 11.8. The third-order valence-electron chi connectivity index (χ3n) is 9.06. The average Bonchev–Trinajstić information content (AvgIpc) is 3.19. The molecule has 9 heteroatoms. The zero-order valence-electron chi connectivity index (χ0n) is 23.0. The van der Waals surface area contributed by atoms with Crippen LogP contribution in [0.4, 0.5) is 5.69 Å². The van der Waals surface area contributed by atoms with Crippen molar-refractivity contribution in [3.8, 4) is 0 Å². The minimum absolute atomic E-state index is 0.0867. The number of halogens is 1. The fraction of sp³-hybridized carbons (Fsp3) is 0.567. The van der Waals surface area contributed by atoms with Crippen LogP contribution in [0.2, 0.25) is 5.02 Å². The summed E-state index contributed by atoms with van der Waals surface area (Å²) in [5, 5.41) is 11.0. The average molecular weight is 556 g/mol. The highest BCUT2D eigenvalue weighted by Crippen LogP contribution is 2.58. The van der Waals surface area contributed by atoms with E-state index in [2.05, 4.69) is 0 Å². The molecule has 4 aliphatic heterocycles. The number of aliphatic hydroxyl groups excluding tert-OH is 1. The molecule has 2 saturated heterocycles. The largest absolute Gasteiger partial charge is 0.394 e. The van der Waals surface area contributed by atoms with E-state index in [1.165, 1.54) is 4.90 Å². The van der Waals surface area contributed by atoms with Gasteiger partial charge in [0.1, 0.15) is 11.6 Å². The number of amides is 3. The van der Waals surface area contributed by atoms with Gasteiger partial charge in [0.15, 0.2) is 0 Å². The summed E-state index contributed by atoms with van der Waals surface area (Å²) in [7, 11) is 0. The molecule has 39 heavy (non-hydrogen) atoms. The van der Waals surface area contributed by atoms with Crippen molar-refractivity contribution in [2.45, 2.75) is 63.8 Å². The normalized spacial score (nSPS) is 33.5. The second-order valence-electron chi connectivity index (χ2n) is 11.4. The monoisotopic (exact) mass is 555 g/mol. The van der Waals surface area contributed by atoms with Crippen molar-refractivity contribution in [1.29, 1.82) is 0 Å². The van der Waals surface area contributed by atoms with Crippen molar-refractivity contribution in [1.82, 2.24) is 9.80 Å². The van der Waals surface area contributed by atoms with E-state index in [1.54, 1.807) is 28.0 Å². The lowest BCUT2D eigenvalue weighted by Crippen LogP contribution is -2.60. The van der Waals surface area contributed by atoms with Gasteiger partial charge in [-0.2, -0.15) is 0 Å². The number of benzene rings is 1. The quantitative estimate of drug-likeness (QED) is 0.521. The third-order valence-corrected chi connectivity index (χ3v) is 9.38. The third kappa shape index (κ3) is 4.14. The number of nitrogens with zero attached hydrogens (tertiary/aromatic N) is 3. The molecule has 3 amide bonds. The van der Waals surface area contributed by atoms with Crippen LogP contribution in [-0.2, 0) is 19.1 Å². The summed E-state index contributed by atoms with van der Waals surface area (Å²) in [5.74, 6) is -2.61. The van der Waals surface area contributed by atoms with Gasteiger partial charge in [-0.3, -0.25) is 14.4 Å². The molecule has 210 valence electrons. The number of likely N-dealkylation sites (tertiary alicyclic amines) is 1. The van der Waals surface area contributed by atoms with Crippen LogP contribution in [-0.4, -0.2) is 82.2 Å². The van der Waals surface area contributed by atoms with Gasteiger partial charge in [-0.25, -0.2) is 0 Å². The minimum atomic E-state index is -1.38. The summed E-state index contributed by atoms with van der Waals surface area (Å²) in [6.07, 6.45) is 8.97. The van der Waals surface area contributed by atoms with Crippen LogP contribution in [0.3, 0.4) is 0 Å². The SMILES string of the molecule is CCCN1CC=C[C@]2(C)O[C@]34C=CCN(c5ccccc5Cl)C(=O)C3N([C@@H](CO)[C@@H](C)CC)C(=O)[C@@H]4[C@@H]2C1=O. The summed E-state index contributed by atoms with van der Waals surface area (Å²) in [5.41, 5.74) is -1.91. The first-order chi connectivity index (χ1) is 18.6. The van der Waals surface area contributed by atoms with Gasteiger partial charge in [-0.15, -0.1) is 0 Å². The first kappa shape index (κ1) is 27.9. The fourth-order valence-corrected chi connectivity index (χ4v) is 7.28. The second kappa shape index (κ2) is 10.4. The van der Waals surface area contributed by atoms with E-state index in [9.17, 15) is 19.5 Å². The summed E-state index contributed by atoms with van der Waals surface area (Å²) in [4.78, 5) is 48.1. The number of aliphatic hydroxyl groups is 1. The Bertz CT molecular complexity index is 1220. The first-order valence-electron chi connectivity index (χ1n) is 14.0. The molecule has 4 heterocycles. The van der Waals surface area contributed by atoms with E-state index in [0.717, 1.165) is 6.42 Å². The molecule has 4 aliphatic rings. The number of para-hydroxylation sites is 1. The fourth-order valence-electron chi connectivity index (χ4n) is 7.04. The lowest BCUT2D eigenvalue weighted by atomic mass is 9.74. The van der Waals surface area contributed by atoms with Crippen LogP contribution in [0, 0.1) is 17.8 Å². The lowest BCUT2D eigenvalue weighted by Gasteiger charge is -2.41. The molecular formula is C30H38ClN3O5. The van der Waals surface area contributed by atoms with Gasteiger partial charge >= 0.3 is 0 Å². The van der Waals surface area contributed by atoms with Crippen molar-refractivity contribution in [3.63, 3.8) is 0 Å². The highest BCUT2D eigenvalue weighted by atomic mass is 35.5. The number of rotatable bonds is 7. The van der Waals surface area contributed by atoms with Gasteiger partial charge in [0.2, 0.25) is 11.8 Å². The van der Waals surface area contributed by atoms with Crippen LogP contribution in [0.5, 0.6) is 0 Å². The Morgan fingerprint density at radius 1 is 1.05 bits per heavy atom. The number of fused-ring (bicyclic) bond motifs is 2. The number of ether oxygens (including phenoxy) is 1. The maximum atomic E-state index is 14.6. The van der Waals surface area contributed by atoms with Crippen LogP contribution in [0.15, 0.2) is 48.6 Å². The number of carbonyl (C=O) groups excluding carboxylic acids is 3. The van der Waals surface area contributed by atoms with Gasteiger partial charge in [0.25, 0.3) is 5.91 Å². The molecule has 0 radical (unpaired) electrons. The van der Waals surface area contributed by atoms with Gasteiger partial charge in [-0.1, -0.05) is 75.2 Å². The first-order valence-corrected chi connectivity index (χ1v) is 14.4. The summed E-state index contributed by atoms with van der Waals surface area (Å²) in [6.45, 7) is 8.76. The summed E-state index contributed by atoms with van der Waals surface area (Å²) in [6, 6.07) is 5.43. The van der Waals surface area contributed by atoms with E-state index in [-0.39, 0.29) is 36.8 Å². The number of hydrogen-bond acceptors (Lipinski definition) is 5. The maximum Gasteiger partial charge on any atom is 0.253 e. The van der Waals surface area contributed by atoms with Crippen LogP contribution < -0.4 is 4.90 Å². The Morgan fingerprint density at radius 3 is 2.44 bits per heavy atom. The van der Waals surface area contributed by atoms with Gasteiger partial charge in [0.05, 0.1) is 40.8 Å². The maximum absolute atomic E-state index is 14.6. The zero-order valence-corrected chi connectivity index (χ0v) is 23.8. The Balaban J connectivity index is 1.69. The van der Waals surface area contributed by atoms with E-state index < -0.39 is 35.1 Å². The van der Waals surface area contributed by atoms with E-state index in [4.69, 9.17) is 16.3 Å². The number of carbonyl (C=O) groups is 3. The van der Waals surface area contributed by atoms with Crippen molar-refractivity contribution >= 4 is 35.0 Å². The molecule has 0 bridgehead atoms. The van der Waals surface area contributed by atoms with Crippen molar-refractivity contribution in [2.24, 2.45) is 17.8 Å². The number of hydrogen-bond donors (Lipinski definition) is 1. The molecular weight excluding hydrogens is 518 g/mol. The lowest BCUT2D eigenvalue weighted by molar-refractivity contribution is -0.152. The minimum Gasteiger partial charge on any atom is -0.394 e. The van der Waals surface area contributed by atoms with Gasteiger partial charge in [0, 0.05) is 19.6 Å². The number of anilines is 1. The molecule has 1 spiro atoms. The highest BCUT2D eigenvalue weighted by molar-refractivity contribution is 6.34. The summed E-state index contributed by atoms with van der Waals surface area (Å²) >= 11 is 6.53. The van der Waals surface area contributed by atoms with Crippen LogP contribution >= 0.6 is 11.6 Å². The predicted molar refractivity (Wildman–Crippen MR) is 149 cm³/mol. The molecule has 1 unspecified atom stereocenters. The highest BCUT2D eigenvalue weighted by Gasteiger charge is 2.75. The van der Waals surface area contributed by atoms with Gasteiger partial charge in [-0.05, 0) is 31.4 Å². The van der Waals surface area contributed by atoms with Crippen molar-refractivity contribution in [3.05, 3.63) is 53.6 Å². The van der Waals surface area contributed by atoms with Gasteiger partial charge < -0.3 is 24.5 Å². The molecule has 1 aromatic carbocycles. The molecule has 8 nitrogen and oxygen atoms in total. The van der Waals surface area contributed by atoms with E-state index in [0.29, 0.717) is 30.2 Å². The molecule has 5 rings (SSSR count). The molecule has 7 atom stereocenters. The standard InChI is InChI=1S/C30H38ClN3O5/c1-5-15-32-16-9-13-29(4)23(26(32)36)24-27(37)34(22(18-35)19(3)6-2)25-28(38)33(17-10-14-30(24,25)39-29)21-12-8-7-11-20(21)31/h7-14,19,22-25,35H,5-6,15-18H2,1-4H3/t19-,22-,23+,24-,25?,29-,30-/m0/s1. The molecule has 1 aromatic rings. The molecule has 0 aliphatic carbocycles. The summed E-state index contributed by atoms with van der Waals surface area (Å²) < 4.78 is 6.87. The Morgan fingerprint density at radius 2 is 1.77 bits per heavy atom. The van der Waals surface area contributed by atoms with E-state index in [1.807, 2.05) is 58.1 Å². The van der Waals surface area contributed by atoms with E-state index >= 15 is 0 Å². The smallest absolute Gasteiger partial charge is 0.253 e. The van der Waals surface area contributed by atoms with Crippen molar-refractivity contribution in [2.75, 3.05) is 31.1 Å². The van der Waals surface area contributed by atoms with Crippen LogP contribution in [0.1, 0.15) is 40.5 Å².